The van der Waals surface area contributed by atoms with Crippen molar-refractivity contribution in [2.45, 2.75) is 51.5 Å². The van der Waals surface area contributed by atoms with Crippen LogP contribution in [0.15, 0.2) is 30.9 Å². The van der Waals surface area contributed by atoms with Crippen molar-refractivity contribution in [2.24, 2.45) is 0 Å². The van der Waals surface area contributed by atoms with E-state index in [1.165, 1.54) is 11.0 Å². The largest absolute Gasteiger partial charge is 0.475 e. The van der Waals surface area contributed by atoms with Gasteiger partial charge in [-0.2, -0.15) is 0 Å². The number of aryl methyl sites for hydroxylation is 2. The lowest BCUT2D eigenvalue weighted by Crippen LogP contribution is -2.56. The molecule has 26 heavy (non-hydrogen) atoms. The predicted molar refractivity (Wildman–Crippen MR) is 101 cm³/mol. The molecule has 2 amide bonds. The van der Waals surface area contributed by atoms with Gasteiger partial charge in [0, 0.05) is 6.54 Å². The molecule has 1 aromatic carbocycles. The Morgan fingerprint density at radius 1 is 1.38 bits per heavy atom. The second-order valence-electron chi connectivity index (χ2n) is 6.91. The third-order valence-corrected chi connectivity index (χ3v) is 4.89. The summed E-state index contributed by atoms with van der Waals surface area (Å²) in [6, 6.07) is 5.30. The average Bonchev–Trinajstić information content (AvgIpc) is 2.62. The van der Waals surface area contributed by atoms with Gasteiger partial charge in [0.25, 0.3) is 0 Å². The summed E-state index contributed by atoms with van der Waals surface area (Å²) in [6.07, 6.45) is 3.76. The van der Waals surface area contributed by atoms with Crippen LogP contribution < -0.4 is 5.32 Å². The van der Waals surface area contributed by atoms with Crippen LogP contribution in [0.1, 0.15) is 36.0 Å². The summed E-state index contributed by atoms with van der Waals surface area (Å²) in [5.74, 6) is -1.48. The smallest absolute Gasteiger partial charge is 0.426 e. The first-order valence-electron chi connectivity index (χ1n) is 8.99. The molecule has 2 atom stereocenters. The van der Waals surface area contributed by atoms with Crippen LogP contribution in [0.5, 0.6) is 0 Å². The second-order valence-corrected chi connectivity index (χ2v) is 6.91. The number of nitrogens with zero attached hydrogens (tertiary/aromatic N) is 1. The molecular formula is C19H27BN2O4. The third kappa shape index (κ3) is 4.96. The zero-order valence-corrected chi connectivity index (χ0v) is 15.4. The highest BCUT2D eigenvalue weighted by Crippen LogP contribution is 2.19. The first-order valence-corrected chi connectivity index (χ1v) is 8.99. The third-order valence-electron chi connectivity index (χ3n) is 4.89. The number of hydrogen-bond donors (Lipinski definition) is 3. The number of rotatable bonds is 6. The van der Waals surface area contributed by atoms with Crippen molar-refractivity contribution in [2.75, 3.05) is 6.54 Å². The van der Waals surface area contributed by atoms with Crippen LogP contribution in [0.3, 0.4) is 0 Å². The summed E-state index contributed by atoms with van der Waals surface area (Å²) in [5, 5.41) is 22.2. The van der Waals surface area contributed by atoms with E-state index in [-0.39, 0.29) is 11.8 Å². The van der Waals surface area contributed by atoms with Crippen molar-refractivity contribution in [1.29, 1.82) is 0 Å². The Hall–Kier alpha value is -2.12. The number of carbonyl (C=O) groups excluding carboxylic acids is 2. The summed E-state index contributed by atoms with van der Waals surface area (Å²) in [7, 11) is -1.69. The average molecular weight is 358 g/mol. The molecule has 1 aliphatic rings. The number of carbonyl (C=O) groups is 2. The number of amides is 2. The zero-order valence-electron chi connectivity index (χ0n) is 15.4. The number of benzene rings is 1. The molecule has 1 heterocycles. The molecule has 1 fully saturated rings. The van der Waals surface area contributed by atoms with Crippen molar-refractivity contribution in [1.82, 2.24) is 10.2 Å². The van der Waals surface area contributed by atoms with Gasteiger partial charge in [-0.25, -0.2) is 0 Å². The molecule has 0 bridgehead atoms. The minimum Gasteiger partial charge on any atom is -0.426 e. The van der Waals surface area contributed by atoms with Crippen molar-refractivity contribution < 1.29 is 19.6 Å². The molecule has 0 aliphatic carbocycles. The summed E-state index contributed by atoms with van der Waals surface area (Å²) >= 11 is 0. The monoisotopic (exact) mass is 358 g/mol. The van der Waals surface area contributed by atoms with Gasteiger partial charge in [-0.05, 0) is 56.7 Å². The molecule has 6 nitrogen and oxygen atoms in total. The van der Waals surface area contributed by atoms with Crippen LogP contribution >= 0.6 is 0 Å². The summed E-state index contributed by atoms with van der Waals surface area (Å²) < 4.78 is 0. The fourth-order valence-electron chi connectivity index (χ4n) is 3.41. The Morgan fingerprint density at radius 3 is 2.73 bits per heavy atom. The van der Waals surface area contributed by atoms with Crippen LogP contribution in [0.4, 0.5) is 0 Å². The predicted octanol–water partition coefficient (Wildman–Crippen LogP) is 0.910. The molecule has 1 aliphatic heterocycles. The van der Waals surface area contributed by atoms with E-state index < -0.39 is 19.1 Å². The lowest BCUT2D eigenvalue weighted by molar-refractivity contribution is -0.139. The maximum atomic E-state index is 12.7. The van der Waals surface area contributed by atoms with Crippen LogP contribution in [-0.4, -0.2) is 52.4 Å². The fourth-order valence-corrected chi connectivity index (χ4v) is 3.41. The van der Waals surface area contributed by atoms with Gasteiger partial charge in [0.05, 0.1) is 5.94 Å². The lowest BCUT2D eigenvalue weighted by atomic mass is 9.75. The van der Waals surface area contributed by atoms with E-state index in [4.69, 9.17) is 0 Å². The molecule has 1 saturated heterocycles. The van der Waals surface area contributed by atoms with Gasteiger partial charge in [0.15, 0.2) is 0 Å². The van der Waals surface area contributed by atoms with Gasteiger partial charge in [0.2, 0.25) is 11.8 Å². The van der Waals surface area contributed by atoms with Crippen molar-refractivity contribution >= 4 is 18.9 Å². The van der Waals surface area contributed by atoms with Crippen molar-refractivity contribution in [3.05, 3.63) is 47.5 Å². The Balaban J connectivity index is 2.11. The molecule has 1 aromatic rings. The standard InChI is InChI=1S/C19H27BN2O4/c1-4-18(23)22-10-6-5-7-16(22)19(24)21-17(20(25)26)12-15-9-8-13(2)11-14(15)3/h4,8-9,11,16-17,25-26H,1,5-7,10,12H2,2-3H3,(H,21,24)/t16-,17?/m0/s1. The molecule has 140 valence electrons. The minimum absolute atomic E-state index is 0.277. The van der Waals surface area contributed by atoms with E-state index in [9.17, 15) is 19.6 Å². The molecular weight excluding hydrogens is 331 g/mol. The maximum absolute atomic E-state index is 12.7. The number of nitrogens with one attached hydrogen (secondary N) is 1. The molecule has 7 heteroatoms. The van der Waals surface area contributed by atoms with E-state index in [0.29, 0.717) is 19.4 Å². The molecule has 3 N–H and O–H groups in total. The first kappa shape index (κ1) is 20.2. The van der Waals surface area contributed by atoms with Crippen molar-refractivity contribution in [3.63, 3.8) is 0 Å². The zero-order chi connectivity index (χ0) is 19.3. The van der Waals surface area contributed by atoms with Crippen LogP contribution in [0.2, 0.25) is 0 Å². The Kier molecular flexibility index (Phi) is 7.00. The van der Waals surface area contributed by atoms with Crippen LogP contribution in [-0.2, 0) is 16.0 Å². The van der Waals surface area contributed by atoms with Crippen LogP contribution in [0, 0.1) is 13.8 Å². The maximum Gasteiger partial charge on any atom is 0.475 e. The highest BCUT2D eigenvalue weighted by Gasteiger charge is 2.34. The van der Waals surface area contributed by atoms with Gasteiger partial charge in [-0.15, -0.1) is 0 Å². The summed E-state index contributed by atoms with van der Waals surface area (Å²) in [5.41, 5.74) is 3.10. The van der Waals surface area contributed by atoms with E-state index in [0.717, 1.165) is 29.5 Å². The molecule has 0 spiro atoms. The van der Waals surface area contributed by atoms with Gasteiger partial charge >= 0.3 is 7.12 Å². The van der Waals surface area contributed by atoms with Crippen LogP contribution in [0.25, 0.3) is 0 Å². The quantitative estimate of drug-likeness (QED) is 0.521. The molecule has 2 rings (SSSR count). The molecule has 0 saturated carbocycles. The Morgan fingerprint density at radius 2 is 2.12 bits per heavy atom. The fraction of sp³-hybridized carbons (Fsp3) is 0.474. The molecule has 0 radical (unpaired) electrons. The number of hydrogen-bond acceptors (Lipinski definition) is 4. The number of piperidine rings is 1. The Bertz CT molecular complexity index is 678. The Labute approximate surface area is 155 Å². The lowest BCUT2D eigenvalue weighted by Gasteiger charge is -2.35. The summed E-state index contributed by atoms with van der Waals surface area (Å²) in [6.45, 7) is 7.94. The summed E-state index contributed by atoms with van der Waals surface area (Å²) in [4.78, 5) is 26.2. The van der Waals surface area contributed by atoms with Gasteiger partial charge in [0.1, 0.15) is 6.04 Å². The highest BCUT2D eigenvalue weighted by atomic mass is 16.4. The highest BCUT2D eigenvalue weighted by molar-refractivity contribution is 6.43. The van der Waals surface area contributed by atoms with E-state index in [1.807, 2.05) is 32.0 Å². The topological polar surface area (TPSA) is 89.9 Å². The van der Waals surface area contributed by atoms with E-state index in [2.05, 4.69) is 11.9 Å². The molecule has 1 unspecified atom stereocenters. The minimum atomic E-state index is -1.69. The second kappa shape index (κ2) is 9.01. The number of likely N-dealkylation sites (tertiary alicyclic amines) is 1. The first-order chi connectivity index (χ1) is 12.3. The van der Waals surface area contributed by atoms with E-state index >= 15 is 0 Å². The normalized spacial score (nSPS) is 18.2. The molecule has 0 aromatic heterocycles. The SMILES string of the molecule is C=CC(=O)N1CCCC[C@H]1C(=O)NC(Cc1ccc(C)cc1C)B(O)O. The van der Waals surface area contributed by atoms with Gasteiger partial charge in [-0.1, -0.05) is 30.3 Å². The van der Waals surface area contributed by atoms with Gasteiger partial charge < -0.3 is 20.3 Å². The van der Waals surface area contributed by atoms with Crippen molar-refractivity contribution in [3.8, 4) is 0 Å². The van der Waals surface area contributed by atoms with E-state index in [1.54, 1.807) is 0 Å². The van der Waals surface area contributed by atoms with Gasteiger partial charge in [-0.3, -0.25) is 9.59 Å².